The zero-order valence-electron chi connectivity index (χ0n) is 15.4. The van der Waals surface area contributed by atoms with E-state index in [9.17, 15) is 14.7 Å². The van der Waals surface area contributed by atoms with Crippen molar-refractivity contribution < 1.29 is 23.8 Å². The highest BCUT2D eigenvalue weighted by molar-refractivity contribution is 5.94. The highest BCUT2D eigenvalue weighted by Crippen LogP contribution is 2.42. The summed E-state index contributed by atoms with van der Waals surface area (Å²) in [5, 5.41) is 10.5. The smallest absolute Gasteiger partial charge is 0.343 e. The Labute approximate surface area is 165 Å². The molecule has 144 valence electrons. The third-order valence-electron chi connectivity index (χ3n) is 4.39. The molecule has 0 saturated heterocycles. The summed E-state index contributed by atoms with van der Waals surface area (Å²) in [6, 6.07) is 20.1. The molecule has 0 spiro atoms. The van der Waals surface area contributed by atoms with E-state index in [1.165, 1.54) is 19.2 Å². The molecule has 29 heavy (non-hydrogen) atoms. The van der Waals surface area contributed by atoms with Gasteiger partial charge >= 0.3 is 5.97 Å². The SMILES string of the molecule is COc1c(OC(=O)c2ccccc2)cc2oc(-c3ccccc3)cc(=O)c2c1O. The molecule has 0 radical (unpaired) electrons. The van der Waals surface area contributed by atoms with Crippen molar-refractivity contribution in [3.8, 4) is 28.6 Å². The number of rotatable bonds is 4. The van der Waals surface area contributed by atoms with Gasteiger partial charge in [-0.1, -0.05) is 48.5 Å². The number of carbonyl (C=O) groups excluding carboxylic acids is 1. The van der Waals surface area contributed by atoms with E-state index in [-0.39, 0.29) is 22.5 Å². The molecular formula is C23H16O6. The van der Waals surface area contributed by atoms with E-state index in [4.69, 9.17) is 13.9 Å². The topological polar surface area (TPSA) is 86.0 Å². The number of esters is 1. The van der Waals surface area contributed by atoms with Crippen molar-refractivity contribution in [1.82, 2.24) is 0 Å². The molecule has 0 unspecified atom stereocenters. The standard InChI is InChI=1S/C23H16O6/c1-27-22-19(29-23(26)15-10-6-3-7-11-15)13-18-20(21(22)25)16(24)12-17(28-18)14-8-4-2-5-9-14/h2-13,25H,1H3. The van der Waals surface area contributed by atoms with Crippen LogP contribution in [-0.2, 0) is 0 Å². The number of phenols is 1. The minimum Gasteiger partial charge on any atom is -0.504 e. The maximum Gasteiger partial charge on any atom is 0.343 e. The maximum atomic E-state index is 12.6. The third-order valence-corrected chi connectivity index (χ3v) is 4.39. The molecular weight excluding hydrogens is 372 g/mol. The van der Waals surface area contributed by atoms with E-state index in [1.54, 1.807) is 42.5 Å². The molecule has 6 nitrogen and oxygen atoms in total. The van der Waals surface area contributed by atoms with Gasteiger partial charge in [-0.25, -0.2) is 4.79 Å². The van der Waals surface area contributed by atoms with Crippen LogP contribution in [0.2, 0.25) is 0 Å². The minimum absolute atomic E-state index is 0.0546. The molecule has 3 aromatic carbocycles. The van der Waals surface area contributed by atoms with Gasteiger partial charge in [-0.3, -0.25) is 4.79 Å². The lowest BCUT2D eigenvalue weighted by molar-refractivity contribution is 0.0729. The predicted molar refractivity (Wildman–Crippen MR) is 108 cm³/mol. The summed E-state index contributed by atoms with van der Waals surface area (Å²) in [6.45, 7) is 0. The number of fused-ring (bicyclic) bond motifs is 1. The Balaban J connectivity index is 1.86. The molecule has 1 aromatic heterocycles. The molecule has 6 heteroatoms. The first-order valence-corrected chi connectivity index (χ1v) is 8.79. The van der Waals surface area contributed by atoms with Gasteiger partial charge in [0.25, 0.3) is 0 Å². The number of hydrogen-bond donors (Lipinski definition) is 1. The van der Waals surface area contributed by atoms with Gasteiger partial charge in [-0.05, 0) is 12.1 Å². The molecule has 0 saturated carbocycles. The fourth-order valence-electron chi connectivity index (χ4n) is 3.01. The van der Waals surface area contributed by atoms with Crippen molar-refractivity contribution in [3.05, 3.63) is 88.6 Å². The number of methoxy groups -OCH3 is 1. The van der Waals surface area contributed by atoms with Gasteiger partial charge in [0.1, 0.15) is 16.7 Å². The summed E-state index contributed by atoms with van der Waals surface area (Å²) in [5.74, 6) is -0.937. The summed E-state index contributed by atoms with van der Waals surface area (Å²) in [6.07, 6.45) is 0. The zero-order chi connectivity index (χ0) is 20.4. The first kappa shape index (κ1) is 18.3. The monoisotopic (exact) mass is 388 g/mol. The van der Waals surface area contributed by atoms with Gasteiger partial charge in [-0.2, -0.15) is 0 Å². The number of aromatic hydroxyl groups is 1. The molecule has 0 fully saturated rings. The van der Waals surface area contributed by atoms with Crippen LogP contribution in [0.3, 0.4) is 0 Å². The molecule has 4 aromatic rings. The van der Waals surface area contributed by atoms with Crippen LogP contribution < -0.4 is 14.9 Å². The van der Waals surface area contributed by atoms with Crippen LogP contribution in [0.15, 0.2) is 82.0 Å². The van der Waals surface area contributed by atoms with E-state index in [2.05, 4.69) is 0 Å². The number of benzene rings is 3. The first-order chi connectivity index (χ1) is 14.1. The van der Waals surface area contributed by atoms with E-state index in [0.29, 0.717) is 16.9 Å². The van der Waals surface area contributed by atoms with Crippen molar-refractivity contribution in [3.63, 3.8) is 0 Å². The first-order valence-electron chi connectivity index (χ1n) is 8.79. The van der Waals surface area contributed by atoms with Crippen molar-refractivity contribution >= 4 is 16.9 Å². The third kappa shape index (κ3) is 3.43. The quantitative estimate of drug-likeness (QED) is 0.412. The number of hydrogen-bond acceptors (Lipinski definition) is 6. The predicted octanol–water partition coefficient (Wildman–Crippen LogP) is 4.39. The molecule has 0 amide bonds. The summed E-state index contributed by atoms with van der Waals surface area (Å²) < 4.78 is 16.4. The molecule has 0 aliphatic rings. The highest BCUT2D eigenvalue weighted by atomic mass is 16.6. The summed E-state index contributed by atoms with van der Waals surface area (Å²) >= 11 is 0. The normalized spacial score (nSPS) is 10.7. The van der Waals surface area contributed by atoms with Crippen LogP contribution in [-0.4, -0.2) is 18.2 Å². The molecule has 1 N–H and O–H groups in total. The van der Waals surface area contributed by atoms with E-state index in [0.717, 1.165) is 0 Å². The minimum atomic E-state index is -0.635. The van der Waals surface area contributed by atoms with E-state index < -0.39 is 17.1 Å². The van der Waals surface area contributed by atoms with Gasteiger partial charge < -0.3 is 19.0 Å². The molecule has 4 rings (SSSR count). The largest absolute Gasteiger partial charge is 0.504 e. The van der Waals surface area contributed by atoms with Gasteiger partial charge in [0.05, 0.1) is 12.7 Å². The second kappa shape index (κ2) is 7.52. The molecule has 0 aliphatic heterocycles. The average molecular weight is 388 g/mol. The van der Waals surface area contributed by atoms with Crippen LogP contribution in [0.25, 0.3) is 22.3 Å². The Bertz CT molecular complexity index is 1240. The number of ether oxygens (including phenoxy) is 2. The highest BCUT2D eigenvalue weighted by Gasteiger charge is 2.22. The summed E-state index contributed by atoms with van der Waals surface area (Å²) in [7, 11) is 1.31. The molecule has 1 heterocycles. The number of phenolic OH excluding ortho intramolecular Hbond substituents is 1. The van der Waals surface area contributed by atoms with Crippen LogP contribution in [0, 0.1) is 0 Å². The fraction of sp³-hybridized carbons (Fsp3) is 0.0435. The van der Waals surface area contributed by atoms with Crippen molar-refractivity contribution in [1.29, 1.82) is 0 Å². The Morgan fingerprint density at radius 3 is 2.28 bits per heavy atom. The van der Waals surface area contributed by atoms with Gasteiger partial charge in [0, 0.05) is 17.7 Å². The summed E-state index contributed by atoms with van der Waals surface area (Å²) in [4.78, 5) is 25.1. The van der Waals surface area contributed by atoms with Crippen molar-refractivity contribution in [2.75, 3.05) is 7.11 Å². The molecule has 0 atom stereocenters. The van der Waals surface area contributed by atoms with Gasteiger partial charge in [0.15, 0.2) is 16.9 Å². The summed E-state index contributed by atoms with van der Waals surface area (Å²) in [5.41, 5.74) is 0.658. The van der Waals surface area contributed by atoms with Crippen molar-refractivity contribution in [2.45, 2.75) is 0 Å². The lowest BCUT2D eigenvalue weighted by Gasteiger charge is -2.13. The lowest BCUT2D eigenvalue weighted by Crippen LogP contribution is -2.10. The zero-order valence-corrected chi connectivity index (χ0v) is 15.4. The molecule has 0 aliphatic carbocycles. The van der Waals surface area contributed by atoms with Crippen LogP contribution in [0.1, 0.15) is 10.4 Å². The Morgan fingerprint density at radius 2 is 1.62 bits per heavy atom. The molecule has 0 bridgehead atoms. The Kier molecular flexibility index (Phi) is 4.75. The van der Waals surface area contributed by atoms with Crippen LogP contribution >= 0.6 is 0 Å². The second-order valence-corrected chi connectivity index (χ2v) is 6.23. The number of carbonyl (C=O) groups is 1. The van der Waals surface area contributed by atoms with Gasteiger partial charge in [0.2, 0.25) is 5.75 Å². The lowest BCUT2D eigenvalue weighted by atomic mass is 10.1. The van der Waals surface area contributed by atoms with E-state index in [1.807, 2.05) is 18.2 Å². The maximum absolute atomic E-state index is 12.6. The average Bonchev–Trinajstić information content (AvgIpc) is 2.74. The second-order valence-electron chi connectivity index (χ2n) is 6.23. The van der Waals surface area contributed by atoms with E-state index >= 15 is 0 Å². The fourth-order valence-corrected chi connectivity index (χ4v) is 3.01. The van der Waals surface area contributed by atoms with Crippen molar-refractivity contribution in [2.24, 2.45) is 0 Å². The van der Waals surface area contributed by atoms with Crippen LogP contribution in [0.4, 0.5) is 0 Å². The van der Waals surface area contributed by atoms with Crippen LogP contribution in [0.5, 0.6) is 17.2 Å². The van der Waals surface area contributed by atoms with Gasteiger partial charge in [-0.15, -0.1) is 0 Å². The Hall–Kier alpha value is -4.06. The Morgan fingerprint density at radius 1 is 0.966 bits per heavy atom.